The van der Waals surface area contributed by atoms with Crippen molar-refractivity contribution in [3.8, 4) is 0 Å². The molecular formula is C19H23N5O3. The second-order valence-corrected chi connectivity index (χ2v) is 6.52. The van der Waals surface area contributed by atoms with Crippen molar-refractivity contribution in [2.45, 2.75) is 39.2 Å². The fourth-order valence-electron chi connectivity index (χ4n) is 2.78. The minimum atomic E-state index is -0.661. The van der Waals surface area contributed by atoms with Crippen molar-refractivity contribution in [3.05, 3.63) is 42.1 Å². The van der Waals surface area contributed by atoms with Crippen LogP contribution < -0.4 is 10.3 Å². The molecule has 0 radical (unpaired) electrons. The molecule has 2 aromatic rings. The Kier molecular flexibility index (Phi) is 5.54. The zero-order valence-electron chi connectivity index (χ0n) is 15.6. The van der Waals surface area contributed by atoms with E-state index in [0.29, 0.717) is 5.82 Å². The summed E-state index contributed by atoms with van der Waals surface area (Å²) in [4.78, 5) is 25.0. The molecule has 8 heteroatoms. The summed E-state index contributed by atoms with van der Waals surface area (Å²) in [5.74, 6) is -0.0743. The van der Waals surface area contributed by atoms with E-state index in [2.05, 4.69) is 20.6 Å². The topological polar surface area (TPSA) is 99.7 Å². The van der Waals surface area contributed by atoms with Crippen molar-refractivity contribution in [2.24, 2.45) is 5.10 Å². The highest BCUT2D eigenvalue weighted by atomic mass is 16.5. The van der Waals surface area contributed by atoms with E-state index in [1.54, 1.807) is 18.0 Å². The Bertz CT molecular complexity index is 844. The molecule has 0 bridgehead atoms. The Morgan fingerprint density at radius 3 is 2.70 bits per heavy atom. The standard InChI is InChI=1S/C19H23N5O3/c1-4-27-19(26)15-10-16(24(23-15)13-8-6-5-7-9-13)18(25)20-17-11-14(12(2)3)21-22-17/h5-9,11-12,16H,4,10H2,1-3H3,(H2,20,21,22,25). The molecule has 0 saturated heterocycles. The zero-order valence-corrected chi connectivity index (χ0v) is 15.6. The summed E-state index contributed by atoms with van der Waals surface area (Å²) in [5.41, 5.74) is 1.88. The minimum Gasteiger partial charge on any atom is -0.461 e. The van der Waals surface area contributed by atoms with Crippen molar-refractivity contribution in [1.29, 1.82) is 0 Å². The average molecular weight is 369 g/mol. The number of aromatic amines is 1. The molecule has 142 valence electrons. The lowest BCUT2D eigenvalue weighted by Gasteiger charge is -2.22. The largest absolute Gasteiger partial charge is 0.461 e. The Morgan fingerprint density at radius 2 is 2.07 bits per heavy atom. The second-order valence-electron chi connectivity index (χ2n) is 6.52. The summed E-state index contributed by atoms with van der Waals surface area (Å²) in [7, 11) is 0. The molecule has 27 heavy (non-hydrogen) atoms. The third-order valence-electron chi connectivity index (χ3n) is 4.22. The maximum Gasteiger partial charge on any atom is 0.354 e. The first-order valence-corrected chi connectivity index (χ1v) is 8.94. The van der Waals surface area contributed by atoms with E-state index in [9.17, 15) is 9.59 Å². The average Bonchev–Trinajstić information content (AvgIpc) is 3.30. The van der Waals surface area contributed by atoms with Crippen molar-refractivity contribution >= 4 is 29.1 Å². The molecule has 1 aromatic carbocycles. The van der Waals surface area contributed by atoms with E-state index >= 15 is 0 Å². The number of carbonyl (C=O) groups is 2. The number of amides is 1. The van der Waals surface area contributed by atoms with Crippen molar-refractivity contribution in [2.75, 3.05) is 16.9 Å². The highest BCUT2D eigenvalue weighted by Gasteiger charge is 2.37. The van der Waals surface area contributed by atoms with E-state index < -0.39 is 12.0 Å². The second kappa shape index (κ2) is 8.03. The summed E-state index contributed by atoms with van der Waals surface area (Å²) in [6.07, 6.45) is 0.168. The fourth-order valence-corrected chi connectivity index (χ4v) is 2.78. The maximum absolute atomic E-state index is 12.9. The molecular weight excluding hydrogens is 346 g/mol. The van der Waals surface area contributed by atoms with Crippen LogP contribution in [0.25, 0.3) is 0 Å². The third-order valence-corrected chi connectivity index (χ3v) is 4.22. The Labute approximate surface area is 157 Å². The number of hydrazone groups is 1. The molecule has 1 unspecified atom stereocenters. The normalized spacial score (nSPS) is 16.4. The van der Waals surface area contributed by atoms with Gasteiger partial charge in [-0.1, -0.05) is 32.0 Å². The number of hydrogen-bond donors (Lipinski definition) is 2. The summed E-state index contributed by atoms with van der Waals surface area (Å²) in [6.45, 7) is 6.06. The van der Waals surface area contributed by atoms with Crippen molar-refractivity contribution < 1.29 is 14.3 Å². The van der Waals surface area contributed by atoms with Gasteiger partial charge in [0.15, 0.2) is 5.82 Å². The monoisotopic (exact) mass is 369 g/mol. The van der Waals surface area contributed by atoms with Crippen LogP contribution in [0.4, 0.5) is 11.5 Å². The number of nitrogens with zero attached hydrogens (tertiary/aromatic N) is 3. The number of rotatable bonds is 6. The minimum absolute atomic E-state index is 0.168. The number of benzene rings is 1. The van der Waals surface area contributed by atoms with Gasteiger partial charge in [-0.2, -0.15) is 10.2 Å². The molecule has 2 heterocycles. The molecule has 0 saturated carbocycles. The van der Waals surface area contributed by atoms with Crippen LogP contribution >= 0.6 is 0 Å². The number of H-pyrrole nitrogens is 1. The van der Waals surface area contributed by atoms with Gasteiger partial charge in [-0.15, -0.1) is 0 Å². The van der Waals surface area contributed by atoms with Gasteiger partial charge in [0, 0.05) is 18.2 Å². The van der Waals surface area contributed by atoms with Crippen LogP contribution in [0.1, 0.15) is 38.8 Å². The zero-order chi connectivity index (χ0) is 19.4. The maximum atomic E-state index is 12.9. The Hall–Kier alpha value is -3.16. The number of carbonyl (C=O) groups excluding carboxylic acids is 2. The van der Waals surface area contributed by atoms with Crippen LogP contribution in [0.15, 0.2) is 41.5 Å². The molecule has 0 aliphatic carbocycles. The molecule has 3 rings (SSSR count). The Balaban J connectivity index is 1.81. The molecule has 1 atom stereocenters. The molecule has 2 N–H and O–H groups in total. The van der Waals surface area contributed by atoms with Gasteiger partial charge in [0.2, 0.25) is 0 Å². The predicted molar refractivity (Wildman–Crippen MR) is 103 cm³/mol. The van der Waals surface area contributed by atoms with Crippen LogP contribution in [0, 0.1) is 0 Å². The van der Waals surface area contributed by atoms with E-state index in [4.69, 9.17) is 4.74 Å². The number of hydrogen-bond acceptors (Lipinski definition) is 6. The number of anilines is 2. The van der Waals surface area contributed by atoms with Gasteiger partial charge in [0.05, 0.1) is 12.3 Å². The number of para-hydroxylation sites is 1. The van der Waals surface area contributed by atoms with E-state index in [0.717, 1.165) is 11.4 Å². The van der Waals surface area contributed by atoms with Gasteiger partial charge in [-0.3, -0.25) is 14.9 Å². The molecule has 1 aliphatic rings. The van der Waals surface area contributed by atoms with E-state index in [1.807, 2.05) is 44.2 Å². The van der Waals surface area contributed by atoms with Crippen LogP contribution in [-0.4, -0.2) is 40.4 Å². The summed E-state index contributed by atoms with van der Waals surface area (Å²) >= 11 is 0. The van der Waals surface area contributed by atoms with E-state index in [1.165, 1.54) is 0 Å². The van der Waals surface area contributed by atoms with Crippen molar-refractivity contribution in [1.82, 2.24) is 10.2 Å². The quantitative estimate of drug-likeness (QED) is 0.763. The number of aromatic nitrogens is 2. The third kappa shape index (κ3) is 4.16. The van der Waals surface area contributed by atoms with Gasteiger partial charge in [0.25, 0.3) is 5.91 Å². The molecule has 1 aliphatic heterocycles. The van der Waals surface area contributed by atoms with Crippen LogP contribution in [0.2, 0.25) is 0 Å². The smallest absolute Gasteiger partial charge is 0.354 e. The highest BCUT2D eigenvalue weighted by Crippen LogP contribution is 2.26. The first kappa shape index (κ1) is 18.6. The van der Waals surface area contributed by atoms with Gasteiger partial charge in [-0.25, -0.2) is 4.79 Å². The predicted octanol–water partition coefficient (Wildman–Crippen LogP) is 2.67. The molecule has 1 amide bonds. The number of ether oxygens (including phenoxy) is 1. The lowest BCUT2D eigenvalue weighted by Crippen LogP contribution is -2.38. The van der Waals surface area contributed by atoms with Gasteiger partial charge in [-0.05, 0) is 25.0 Å². The number of nitrogens with one attached hydrogen (secondary N) is 2. The SMILES string of the molecule is CCOC(=O)C1=NN(c2ccccc2)C(C(=O)Nc2cc(C(C)C)[nH]n2)C1. The first-order chi connectivity index (χ1) is 13.0. The fraction of sp³-hybridized carbons (Fsp3) is 0.368. The molecule has 0 spiro atoms. The van der Waals surface area contributed by atoms with Crippen LogP contribution in [0.3, 0.4) is 0 Å². The summed E-state index contributed by atoms with van der Waals surface area (Å²) in [5, 5.41) is 15.7. The first-order valence-electron chi connectivity index (χ1n) is 8.94. The van der Waals surface area contributed by atoms with Gasteiger partial charge < -0.3 is 10.1 Å². The molecule has 0 fully saturated rings. The van der Waals surface area contributed by atoms with Gasteiger partial charge >= 0.3 is 5.97 Å². The summed E-state index contributed by atoms with van der Waals surface area (Å²) < 4.78 is 5.04. The number of esters is 1. The Morgan fingerprint density at radius 1 is 1.33 bits per heavy atom. The molecule has 8 nitrogen and oxygen atoms in total. The van der Waals surface area contributed by atoms with Gasteiger partial charge in [0.1, 0.15) is 11.8 Å². The van der Waals surface area contributed by atoms with E-state index in [-0.39, 0.29) is 30.6 Å². The van der Waals surface area contributed by atoms with Crippen molar-refractivity contribution in [3.63, 3.8) is 0 Å². The highest BCUT2D eigenvalue weighted by molar-refractivity contribution is 6.38. The van der Waals surface area contributed by atoms with Crippen LogP contribution in [0.5, 0.6) is 0 Å². The molecule has 1 aromatic heterocycles. The summed E-state index contributed by atoms with van der Waals surface area (Å²) in [6, 6.07) is 10.4. The van der Waals surface area contributed by atoms with Crippen LogP contribution in [-0.2, 0) is 14.3 Å². The lowest BCUT2D eigenvalue weighted by atomic mass is 10.1. The lowest BCUT2D eigenvalue weighted by molar-refractivity contribution is -0.135.